The van der Waals surface area contributed by atoms with Gasteiger partial charge in [-0.3, -0.25) is 18.7 Å². The first-order chi connectivity index (χ1) is 12.4. The number of nitrogens with zero attached hydrogens (tertiary/aromatic N) is 5. The summed E-state index contributed by atoms with van der Waals surface area (Å²) in [6.07, 6.45) is 0.976. The fourth-order valence-electron chi connectivity index (χ4n) is 4.02. The smallest absolute Gasteiger partial charge is 0.262 e. The molecule has 7 nitrogen and oxygen atoms in total. The Hall–Kier alpha value is -1.96. The highest BCUT2D eigenvalue weighted by molar-refractivity contribution is 5.85. The van der Waals surface area contributed by atoms with Crippen molar-refractivity contribution in [1.82, 2.24) is 24.1 Å². The van der Waals surface area contributed by atoms with E-state index in [4.69, 9.17) is 5.73 Å². The van der Waals surface area contributed by atoms with E-state index in [1.54, 1.807) is 4.57 Å². The van der Waals surface area contributed by atoms with Gasteiger partial charge in [0.1, 0.15) is 0 Å². The highest BCUT2D eigenvalue weighted by atomic mass is 35.5. The van der Waals surface area contributed by atoms with Crippen molar-refractivity contribution in [2.45, 2.75) is 46.3 Å². The normalized spacial score (nSPS) is 20.1. The first kappa shape index (κ1) is 19.8. The first-order valence-corrected chi connectivity index (χ1v) is 9.26. The number of para-hydroxylation sites is 1. The number of aromatic nitrogens is 4. The third kappa shape index (κ3) is 3.24. The summed E-state index contributed by atoms with van der Waals surface area (Å²) in [4.78, 5) is 15.1. The summed E-state index contributed by atoms with van der Waals surface area (Å²) in [5.41, 5.74) is 7.20. The summed E-state index contributed by atoms with van der Waals surface area (Å²) in [6.45, 7) is 9.53. The second-order valence-corrected chi connectivity index (χ2v) is 7.91. The van der Waals surface area contributed by atoms with Crippen molar-refractivity contribution in [1.29, 1.82) is 0 Å². The molecule has 27 heavy (non-hydrogen) atoms. The first-order valence-electron chi connectivity index (χ1n) is 9.26. The molecule has 0 saturated carbocycles. The van der Waals surface area contributed by atoms with E-state index in [0.717, 1.165) is 30.9 Å². The lowest BCUT2D eigenvalue weighted by Crippen LogP contribution is -2.52. The van der Waals surface area contributed by atoms with Crippen LogP contribution in [-0.2, 0) is 13.1 Å². The van der Waals surface area contributed by atoms with E-state index in [-0.39, 0.29) is 29.4 Å². The zero-order valence-corrected chi connectivity index (χ0v) is 16.9. The van der Waals surface area contributed by atoms with Gasteiger partial charge in [-0.2, -0.15) is 0 Å². The minimum Gasteiger partial charge on any atom is -0.327 e. The number of rotatable bonds is 3. The number of likely N-dealkylation sites (tertiary alicyclic amines) is 1. The zero-order chi connectivity index (χ0) is 18.5. The fraction of sp³-hybridized carbons (Fsp3) is 0.526. The summed E-state index contributed by atoms with van der Waals surface area (Å²) in [6, 6.07) is 7.90. The second-order valence-electron chi connectivity index (χ2n) is 7.91. The van der Waals surface area contributed by atoms with Crippen LogP contribution in [0.4, 0.5) is 0 Å². The van der Waals surface area contributed by atoms with Gasteiger partial charge < -0.3 is 5.73 Å². The van der Waals surface area contributed by atoms with Crippen LogP contribution >= 0.6 is 12.4 Å². The Morgan fingerprint density at radius 1 is 1.26 bits per heavy atom. The summed E-state index contributed by atoms with van der Waals surface area (Å²) >= 11 is 0. The average Bonchev–Trinajstić information content (AvgIpc) is 3.02. The van der Waals surface area contributed by atoms with Crippen molar-refractivity contribution in [2.24, 2.45) is 11.1 Å². The van der Waals surface area contributed by atoms with Crippen LogP contribution in [0.3, 0.4) is 0 Å². The molecule has 1 atom stereocenters. The maximum Gasteiger partial charge on any atom is 0.262 e. The molecule has 0 radical (unpaired) electrons. The zero-order valence-electron chi connectivity index (χ0n) is 16.1. The van der Waals surface area contributed by atoms with E-state index in [1.165, 1.54) is 0 Å². The third-order valence-corrected chi connectivity index (χ3v) is 5.65. The van der Waals surface area contributed by atoms with Crippen LogP contribution in [0.1, 0.15) is 33.0 Å². The van der Waals surface area contributed by atoms with Gasteiger partial charge in [0.25, 0.3) is 5.56 Å². The topological polar surface area (TPSA) is 81.5 Å². The van der Waals surface area contributed by atoms with Crippen LogP contribution in [0.2, 0.25) is 0 Å². The minimum absolute atomic E-state index is 0. The maximum absolute atomic E-state index is 12.8. The molecule has 146 valence electrons. The van der Waals surface area contributed by atoms with Gasteiger partial charge in [0.15, 0.2) is 5.82 Å². The van der Waals surface area contributed by atoms with Crippen LogP contribution < -0.4 is 11.3 Å². The molecule has 0 aliphatic carbocycles. The lowest BCUT2D eigenvalue weighted by Gasteiger charge is -2.42. The van der Waals surface area contributed by atoms with Crippen molar-refractivity contribution in [3.05, 3.63) is 40.4 Å². The molecular weight excluding hydrogens is 364 g/mol. The number of nitrogens with two attached hydrogens (primary N) is 1. The summed E-state index contributed by atoms with van der Waals surface area (Å²) < 4.78 is 3.72. The molecule has 3 aromatic rings. The van der Waals surface area contributed by atoms with E-state index in [1.807, 2.05) is 35.6 Å². The molecule has 0 amide bonds. The van der Waals surface area contributed by atoms with E-state index in [2.05, 4.69) is 28.9 Å². The van der Waals surface area contributed by atoms with Crippen LogP contribution in [0.25, 0.3) is 16.7 Å². The number of hydrogen-bond acceptors (Lipinski definition) is 5. The predicted molar refractivity (Wildman–Crippen MR) is 109 cm³/mol. The fourth-order valence-corrected chi connectivity index (χ4v) is 4.02. The molecule has 0 spiro atoms. The van der Waals surface area contributed by atoms with E-state index in [0.29, 0.717) is 24.3 Å². The Balaban J connectivity index is 0.00000210. The van der Waals surface area contributed by atoms with Crippen molar-refractivity contribution in [3.8, 4) is 0 Å². The molecule has 1 unspecified atom stereocenters. The molecular formula is C19H27ClN6O. The number of hydrogen-bond donors (Lipinski definition) is 1. The molecule has 1 saturated heterocycles. The quantitative estimate of drug-likeness (QED) is 0.740. The lowest BCUT2D eigenvalue weighted by molar-refractivity contribution is 0.0877. The second kappa shape index (κ2) is 7.22. The Morgan fingerprint density at radius 2 is 2.00 bits per heavy atom. The largest absolute Gasteiger partial charge is 0.327 e. The molecule has 1 aromatic carbocycles. The van der Waals surface area contributed by atoms with Crippen molar-refractivity contribution in [2.75, 3.05) is 13.1 Å². The number of piperidine rings is 1. The van der Waals surface area contributed by atoms with Crippen LogP contribution in [-0.4, -0.2) is 43.2 Å². The minimum atomic E-state index is -0.0142. The van der Waals surface area contributed by atoms with Gasteiger partial charge >= 0.3 is 0 Å². The SMILES string of the molecule is CCn1c(=O)c2ccccc2n2c(CN3CCC(N)C(C)(C)C3)nnc12.Cl. The van der Waals surface area contributed by atoms with Gasteiger partial charge in [-0.25, -0.2) is 0 Å². The summed E-state index contributed by atoms with van der Waals surface area (Å²) in [5.74, 6) is 1.48. The molecule has 1 aliphatic heterocycles. The van der Waals surface area contributed by atoms with Gasteiger partial charge in [-0.15, -0.1) is 22.6 Å². The third-order valence-electron chi connectivity index (χ3n) is 5.65. The molecule has 1 aliphatic rings. The Bertz CT molecular complexity index is 1020. The van der Waals surface area contributed by atoms with Gasteiger partial charge in [-0.05, 0) is 30.9 Å². The van der Waals surface area contributed by atoms with Crippen molar-refractivity contribution >= 4 is 29.1 Å². The molecule has 4 rings (SSSR count). The van der Waals surface area contributed by atoms with E-state index >= 15 is 0 Å². The van der Waals surface area contributed by atoms with Crippen molar-refractivity contribution < 1.29 is 0 Å². The number of fused-ring (bicyclic) bond motifs is 3. The van der Waals surface area contributed by atoms with Gasteiger partial charge in [0.05, 0.1) is 17.4 Å². The molecule has 3 heterocycles. The van der Waals surface area contributed by atoms with Crippen molar-refractivity contribution in [3.63, 3.8) is 0 Å². The highest BCUT2D eigenvalue weighted by Gasteiger charge is 2.34. The van der Waals surface area contributed by atoms with Crippen LogP contribution in [0.15, 0.2) is 29.1 Å². The number of halogens is 1. The maximum atomic E-state index is 12.8. The van der Waals surface area contributed by atoms with Gasteiger partial charge in [0.2, 0.25) is 5.78 Å². The lowest BCUT2D eigenvalue weighted by atomic mass is 9.80. The Kier molecular flexibility index (Phi) is 5.29. The summed E-state index contributed by atoms with van der Waals surface area (Å²) in [7, 11) is 0. The Morgan fingerprint density at radius 3 is 2.70 bits per heavy atom. The predicted octanol–water partition coefficient (Wildman–Crippen LogP) is 2.05. The Labute approximate surface area is 164 Å². The van der Waals surface area contributed by atoms with Crippen LogP contribution in [0, 0.1) is 5.41 Å². The highest BCUT2D eigenvalue weighted by Crippen LogP contribution is 2.28. The monoisotopic (exact) mass is 390 g/mol. The standard InChI is InChI=1S/C19H26N6O.ClH/c1-4-24-17(26)13-7-5-6-8-14(13)25-16(21-22-18(24)25)11-23-10-9-15(20)19(2,3)12-23;/h5-8,15H,4,9-12,20H2,1-3H3;1H. The number of aryl methyl sites for hydroxylation is 1. The van der Waals surface area contributed by atoms with E-state index < -0.39 is 0 Å². The van der Waals surface area contributed by atoms with E-state index in [9.17, 15) is 4.79 Å². The van der Waals surface area contributed by atoms with Gasteiger partial charge in [0, 0.05) is 25.7 Å². The average molecular weight is 391 g/mol. The summed E-state index contributed by atoms with van der Waals surface area (Å²) in [5, 5.41) is 9.48. The molecule has 1 fully saturated rings. The van der Waals surface area contributed by atoms with Gasteiger partial charge in [-0.1, -0.05) is 26.0 Å². The molecule has 8 heteroatoms. The molecule has 2 N–H and O–H groups in total. The molecule has 2 aromatic heterocycles. The van der Waals surface area contributed by atoms with Crippen LogP contribution in [0.5, 0.6) is 0 Å². The molecule has 0 bridgehead atoms. The number of benzene rings is 1.